The quantitative estimate of drug-likeness (QED) is 0.893. The van der Waals surface area contributed by atoms with Gasteiger partial charge in [0, 0.05) is 11.0 Å². The highest BCUT2D eigenvalue weighted by atomic mass is 79.9. The minimum absolute atomic E-state index is 0. The molecule has 3 nitrogen and oxygen atoms in total. The van der Waals surface area contributed by atoms with Gasteiger partial charge in [-0.3, -0.25) is 4.79 Å². The van der Waals surface area contributed by atoms with Gasteiger partial charge in [0.2, 0.25) is 5.91 Å². The van der Waals surface area contributed by atoms with Crippen LogP contribution in [0, 0.1) is 5.82 Å². The third kappa shape index (κ3) is 5.02. The fourth-order valence-corrected chi connectivity index (χ4v) is 1.56. The van der Waals surface area contributed by atoms with Crippen molar-refractivity contribution in [2.24, 2.45) is 5.73 Å². The molecule has 0 unspecified atom stereocenters. The second-order valence-corrected chi connectivity index (χ2v) is 4.32. The molecule has 0 aliphatic rings. The van der Waals surface area contributed by atoms with Gasteiger partial charge in [-0.1, -0.05) is 22.9 Å². The first kappa shape index (κ1) is 16.4. The van der Waals surface area contributed by atoms with Crippen LogP contribution in [0.25, 0.3) is 0 Å². The van der Waals surface area contributed by atoms with Crippen LogP contribution in [-0.4, -0.2) is 11.9 Å². The van der Waals surface area contributed by atoms with E-state index in [2.05, 4.69) is 21.2 Å². The van der Waals surface area contributed by atoms with Crippen molar-refractivity contribution >= 4 is 34.2 Å². The van der Waals surface area contributed by atoms with E-state index in [-0.39, 0.29) is 30.7 Å². The van der Waals surface area contributed by atoms with Crippen molar-refractivity contribution in [2.75, 3.05) is 0 Å². The second-order valence-electron chi connectivity index (χ2n) is 3.47. The SMILES string of the molecule is CC[C@H](N)C(=O)NCc1cc(F)ccc1Br.Cl. The number of nitrogens with two attached hydrogens (primary N) is 1. The molecule has 0 aliphatic heterocycles. The fraction of sp³-hybridized carbons (Fsp3) is 0.364. The normalized spacial score (nSPS) is 11.5. The van der Waals surface area contributed by atoms with E-state index < -0.39 is 6.04 Å². The van der Waals surface area contributed by atoms with Crippen LogP contribution >= 0.6 is 28.3 Å². The molecule has 1 rings (SSSR count). The average Bonchev–Trinajstić information content (AvgIpc) is 2.28. The summed E-state index contributed by atoms with van der Waals surface area (Å²) < 4.78 is 13.7. The Morgan fingerprint density at radius 2 is 2.24 bits per heavy atom. The Morgan fingerprint density at radius 1 is 1.59 bits per heavy atom. The molecule has 1 aromatic carbocycles. The van der Waals surface area contributed by atoms with Crippen molar-refractivity contribution in [3.63, 3.8) is 0 Å². The summed E-state index contributed by atoms with van der Waals surface area (Å²) in [6.07, 6.45) is 0.580. The number of benzene rings is 1. The number of halogens is 3. The lowest BCUT2D eigenvalue weighted by Crippen LogP contribution is -2.39. The van der Waals surface area contributed by atoms with E-state index in [9.17, 15) is 9.18 Å². The first-order valence-corrected chi connectivity index (χ1v) is 5.81. The summed E-state index contributed by atoms with van der Waals surface area (Å²) >= 11 is 3.29. The Morgan fingerprint density at radius 3 is 2.82 bits per heavy atom. The van der Waals surface area contributed by atoms with Crippen molar-refractivity contribution in [2.45, 2.75) is 25.9 Å². The Hall–Kier alpha value is -0.650. The molecule has 0 saturated carbocycles. The van der Waals surface area contributed by atoms with Gasteiger partial charge < -0.3 is 11.1 Å². The molecule has 0 aromatic heterocycles. The molecular weight excluding hydrogens is 310 g/mol. The Balaban J connectivity index is 0.00000256. The third-order valence-corrected chi connectivity index (χ3v) is 3.01. The maximum Gasteiger partial charge on any atom is 0.237 e. The molecule has 96 valence electrons. The second kappa shape index (κ2) is 7.63. The van der Waals surface area contributed by atoms with Crippen LogP contribution < -0.4 is 11.1 Å². The van der Waals surface area contributed by atoms with Gasteiger partial charge in [0.1, 0.15) is 5.82 Å². The molecule has 1 atom stereocenters. The molecule has 3 N–H and O–H groups in total. The van der Waals surface area contributed by atoms with E-state index in [1.54, 1.807) is 6.07 Å². The Labute approximate surface area is 114 Å². The van der Waals surface area contributed by atoms with E-state index in [1.807, 2.05) is 6.92 Å². The van der Waals surface area contributed by atoms with Gasteiger partial charge in [-0.15, -0.1) is 12.4 Å². The summed E-state index contributed by atoms with van der Waals surface area (Å²) in [6, 6.07) is 3.83. The predicted molar refractivity (Wildman–Crippen MR) is 71.5 cm³/mol. The smallest absolute Gasteiger partial charge is 0.237 e. The maximum atomic E-state index is 12.9. The predicted octanol–water partition coefficient (Wildman–Crippen LogP) is 2.36. The zero-order chi connectivity index (χ0) is 12.1. The highest BCUT2D eigenvalue weighted by Crippen LogP contribution is 2.17. The van der Waals surface area contributed by atoms with E-state index in [0.717, 1.165) is 4.47 Å². The van der Waals surface area contributed by atoms with E-state index in [1.165, 1.54) is 12.1 Å². The summed E-state index contributed by atoms with van der Waals surface area (Å²) in [5.74, 6) is -0.550. The standard InChI is InChI=1S/C11H14BrFN2O.ClH/c1-2-10(14)11(16)15-6-7-5-8(13)3-4-9(7)12;/h3-5,10H,2,6,14H2,1H3,(H,15,16);1H/t10-;/m0./s1. The lowest BCUT2D eigenvalue weighted by Gasteiger charge is -2.11. The van der Waals surface area contributed by atoms with Crippen molar-refractivity contribution in [3.05, 3.63) is 34.1 Å². The molecule has 0 spiro atoms. The molecule has 6 heteroatoms. The number of hydrogen-bond donors (Lipinski definition) is 2. The first-order valence-electron chi connectivity index (χ1n) is 5.01. The van der Waals surface area contributed by atoms with Crippen LogP contribution in [0.2, 0.25) is 0 Å². The summed E-state index contributed by atoms with van der Waals surface area (Å²) in [5, 5.41) is 2.66. The van der Waals surface area contributed by atoms with Crippen LogP contribution in [0.3, 0.4) is 0 Å². The van der Waals surface area contributed by atoms with E-state index in [4.69, 9.17) is 5.73 Å². The number of nitrogens with one attached hydrogen (secondary N) is 1. The zero-order valence-electron chi connectivity index (χ0n) is 9.37. The van der Waals surface area contributed by atoms with Crippen LogP contribution in [0.1, 0.15) is 18.9 Å². The van der Waals surface area contributed by atoms with Gasteiger partial charge in [0.15, 0.2) is 0 Å². The van der Waals surface area contributed by atoms with Crippen LogP contribution in [0.5, 0.6) is 0 Å². The average molecular weight is 326 g/mol. The highest BCUT2D eigenvalue weighted by molar-refractivity contribution is 9.10. The van der Waals surface area contributed by atoms with Crippen LogP contribution in [0.4, 0.5) is 4.39 Å². The van der Waals surface area contributed by atoms with E-state index >= 15 is 0 Å². The van der Waals surface area contributed by atoms with Gasteiger partial charge in [-0.2, -0.15) is 0 Å². The first-order chi connectivity index (χ1) is 7.54. The van der Waals surface area contributed by atoms with Gasteiger partial charge in [0.25, 0.3) is 0 Å². The number of carbonyl (C=O) groups excluding carboxylic acids is 1. The molecule has 0 saturated heterocycles. The fourth-order valence-electron chi connectivity index (χ4n) is 1.18. The lowest BCUT2D eigenvalue weighted by molar-refractivity contribution is -0.122. The Bertz CT molecular complexity index is 390. The third-order valence-electron chi connectivity index (χ3n) is 2.24. The molecule has 0 radical (unpaired) electrons. The van der Waals surface area contributed by atoms with Gasteiger partial charge >= 0.3 is 0 Å². The van der Waals surface area contributed by atoms with Crippen molar-refractivity contribution in [3.8, 4) is 0 Å². The van der Waals surface area contributed by atoms with Gasteiger partial charge in [0.05, 0.1) is 6.04 Å². The molecule has 17 heavy (non-hydrogen) atoms. The minimum atomic E-state index is -0.507. The topological polar surface area (TPSA) is 55.1 Å². The van der Waals surface area contributed by atoms with Crippen LogP contribution in [-0.2, 0) is 11.3 Å². The number of hydrogen-bond acceptors (Lipinski definition) is 2. The molecule has 1 amide bonds. The largest absolute Gasteiger partial charge is 0.351 e. The molecule has 0 bridgehead atoms. The molecule has 0 aliphatic carbocycles. The van der Waals surface area contributed by atoms with Crippen LogP contribution in [0.15, 0.2) is 22.7 Å². The number of rotatable bonds is 4. The molecule has 1 aromatic rings. The minimum Gasteiger partial charge on any atom is -0.351 e. The zero-order valence-corrected chi connectivity index (χ0v) is 11.8. The summed E-state index contributed by atoms with van der Waals surface area (Å²) in [7, 11) is 0. The highest BCUT2D eigenvalue weighted by Gasteiger charge is 2.11. The summed E-state index contributed by atoms with van der Waals surface area (Å²) in [6.45, 7) is 2.10. The van der Waals surface area contributed by atoms with Crippen molar-refractivity contribution in [1.82, 2.24) is 5.32 Å². The monoisotopic (exact) mass is 324 g/mol. The molecular formula is C11H15BrClFN2O. The number of carbonyl (C=O) groups is 1. The van der Waals surface area contributed by atoms with Crippen molar-refractivity contribution < 1.29 is 9.18 Å². The van der Waals surface area contributed by atoms with Gasteiger partial charge in [-0.25, -0.2) is 4.39 Å². The summed E-state index contributed by atoms with van der Waals surface area (Å²) in [4.78, 5) is 11.4. The van der Waals surface area contributed by atoms with E-state index in [0.29, 0.717) is 12.0 Å². The lowest BCUT2D eigenvalue weighted by atomic mass is 10.2. The molecule has 0 heterocycles. The Kier molecular flexibility index (Phi) is 7.34. The summed E-state index contributed by atoms with van der Waals surface area (Å²) in [5.41, 5.74) is 6.24. The van der Waals surface area contributed by atoms with Gasteiger partial charge in [-0.05, 0) is 30.2 Å². The maximum absolute atomic E-state index is 12.9. The van der Waals surface area contributed by atoms with Crippen molar-refractivity contribution in [1.29, 1.82) is 0 Å². The molecule has 0 fully saturated rings. The number of amides is 1.